The first-order valence-electron chi connectivity index (χ1n) is 42.7. The van der Waals surface area contributed by atoms with Gasteiger partial charge in [-0.1, -0.05) is 88.1 Å². The zero-order valence-corrected chi connectivity index (χ0v) is 72.4. The maximum atomic E-state index is 15.7. The molecular formula is C85H116N20O21S. The van der Waals surface area contributed by atoms with E-state index in [1.165, 1.54) is 55.1 Å². The molecule has 2 unspecified atom stereocenters. The molecule has 4 aliphatic heterocycles. The molecule has 4 fully saturated rings. The van der Waals surface area contributed by atoms with Crippen molar-refractivity contribution in [2.24, 2.45) is 17.2 Å². The van der Waals surface area contributed by atoms with E-state index in [9.17, 15) is 77.6 Å². The van der Waals surface area contributed by atoms with Gasteiger partial charge in [0.15, 0.2) is 0 Å². The van der Waals surface area contributed by atoms with Crippen molar-refractivity contribution in [2.45, 2.75) is 221 Å². The highest BCUT2D eigenvalue weighted by Gasteiger charge is 2.47. The van der Waals surface area contributed by atoms with Crippen LogP contribution in [0.15, 0.2) is 85.2 Å². The molecule has 4 saturated heterocycles. The number of aromatic nitrogens is 2. The molecule has 4 aliphatic rings. The quantitative estimate of drug-likeness (QED) is 0.0337. The van der Waals surface area contributed by atoms with Crippen LogP contribution in [0.25, 0.3) is 21.8 Å². The standard InChI is InChI=1S/C85H116N20O21S/c1-6-8-21-63-77(118)92-46(3)72(113)100-62(73(114)91-43-68(88)107)44-127-45-69(108)93-57(35-47-26-28-50(106)29-27-47)82(123)103-32-15-24-65(103)79(120)98-60(39-71(111)112)84(125)105-34-16-25-66(105)80(121)99-61(40-87)76(117)97-59(38-70(109)110)83(124)104-33-14-23-64(104)78(119)95-56(36-48-41-89-53-19-12-10-17-51(48)53)75(116)94-55(30-31-86)74(115)96-58(37-49-42-90-54-20-13-11-18-52(49)54)81(122)102(5)67(22-9-7-2)85(126)101(63)4/h10-13,17-20,26-29,41-42,46,55-67,89-90,106H,6-9,14-16,21-25,30-40,43-45,86-87H2,1-5H3,(H2,88,107)(H,91,114)(H,92,118)(H,93,108)(H,94,116)(H,95,119)(H,96,115)(H,97,117)(H,98,120)(H,99,121)(H,100,113)(H,109,110)(H,111,112)/t46-,55-,56+,57-,58-,59-,60+,61+,62+,63+,64?,65?,66-,67+/m0/s1. The number of phenols is 1. The van der Waals surface area contributed by atoms with Crippen molar-refractivity contribution in [3.63, 3.8) is 0 Å². The number of carboxylic acids is 2. The summed E-state index contributed by atoms with van der Waals surface area (Å²) in [5.74, 6) is -19.1. The zero-order valence-electron chi connectivity index (χ0n) is 71.6. The Morgan fingerprint density at radius 3 is 1.43 bits per heavy atom. The molecule has 127 heavy (non-hydrogen) atoms. The van der Waals surface area contributed by atoms with E-state index in [1.807, 2.05) is 13.8 Å². The van der Waals surface area contributed by atoms with Gasteiger partial charge in [0.25, 0.3) is 0 Å². The lowest BCUT2D eigenvalue weighted by Crippen LogP contribution is -2.62. The molecule has 41 nitrogen and oxygen atoms in total. The summed E-state index contributed by atoms with van der Waals surface area (Å²) in [7, 11) is 2.74. The number of amides is 16. The Bertz CT molecular complexity index is 4850. The summed E-state index contributed by atoms with van der Waals surface area (Å²) in [6.07, 6.45) is 2.36. The number of hydrogen-bond acceptors (Lipinski definition) is 22. The lowest BCUT2D eigenvalue weighted by atomic mass is 10.00. The number of nitrogens with one attached hydrogen (secondary N) is 12. The van der Waals surface area contributed by atoms with Gasteiger partial charge >= 0.3 is 11.9 Å². The number of fused-ring (bicyclic) bond motifs is 5. The fraction of sp³-hybridized carbons (Fsp3) is 0.529. The Hall–Kier alpha value is -12.7. The van der Waals surface area contributed by atoms with E-state index in [-0.39, 0.29) is 109 Å². The van der Waals surface area contributed by atoms with Gasteiger partial charge in [0.2, 0.25) is 94.5 Å². The van der Waals surface area contributed by atoms with Crippen molar-refractivity contribution in [2.75, 3.05) is 64.9 Å². The Morgan fingerprint density at radius 2 is 0.921 bits per heavy atom. The summed E-state index contributed by atoms with van der Waals surface area (Å²) in [6.45, 7) is 2.96. The molecule has 0 saturated carbocycles. The average molecular weight is 1790 g/mol. The van der Waals surface area contributed by atoms with Crippen LogP contribution in [-0.4, -0.2) is 306 Å². The number of carboxylic acid groups (broad SMARTS) is 2. The number of aliphatic carboxylic acids is 2. The van der Waals surface area contributed by atoms with Gasteiger partial charge in [0.05, 0.1) is 25.1 Å². The number of unbranched alkanes of at least 4 members (excludes halogenated alkanes) is 2. The first-order valence-corrected chi connectivity index (χ1v) is 43.8. The number of H-pyrrole nitrogens is 2. The average Bonchev–Trinajstić information content (AvgIpc) is 1.71. The Balaban J connectivity index is 1.06. The number of nitrogens with two attached hydrogens (primary N) is 3. The molecule has 3 aromatic carbocycles. The van der Waals surface area contributed by atoms with E-state index in [4.69, 9.17) is 17.2 Å². The largest absolute Gasteiger partial charge is 0.508 e. The maximum absolute atomic E-state index is 15.7. The topological polar surface area (TPSA) is 614 Å². The van der Waals surface area contributed by atoms with Crippen LogP contribution in [0.3, 0.4) is 0 Å². The summed E-state index contributed by atoms with van der Waals surface area (Å²) in [6, 6.07) is -1.80. The van der Waals surface area contributed by atoms with Crippen molar-refractivity contribution in [3.05, 3.63) is 102 Å². The number of primary amides is 1. The molecule has 0 radical (unpaired) electrons. The molecule has 21 N–H and O–H groups in total. The molecule has 14 atom stereocenters. The van der Waals surface area contributed by atoms with Gasteiger partial charge in [-0.3, -0.25) is 86.3 Å². The lowest BCUT2D eigenvalue weighted by Gasteiger charge is -2.36. The third-order valence-electron chi connectivity index (χ3n) is 23.1. The minimum atomic E-state index is -1.94. The molecule has 0 bridgehead atoms. The van der Waals surface area contributed by atoms with Crippen LogP contribution in [0.4, 0.5) is 0 Å². The number of rotatable bonds is 22. The van der Waals surface area contributed by atoms with Crippen LogP contribution < -0.4 is 70.4 Å². The Morgan fingerprint density at radius 1 is 0.480 bits per heavy atom. The van der Waals surface area contributed by atoms with Gasteiger partial charge in [-0.25, -0.2) is 0 Å². The van der Waals surface area contributed by atoms with Gasteiger partial charge in [-0.15, -0.1) is 11.8 Å². The minimum absolute atomic E-state index is 0.0303. The highest BCUT2D eigenvalue weighted by Crippen LogP contribution is 2.28. The van der Waals surface area contributed by atoms with Gasteiger partial charge in [0, 0.05) is 99.5 Å². The molecule has 0 aliphatic carbocycles. The second-order valence-corrected chi connectivity index (χ2v) is 33.3. The highest BCUT2D eigenvalue weighted by atomic mass is 32.2. The molecule has 6 heterocycles. The summed E-state index contributed by atoms with van der Waals surface area (Å²) >= 11 is 0.784. The zero-order chi connectivity index (χ0) is 92.5. The Kier molecular flexibility index (Phi) is 35.9. The van der Waals surface area contributed by atoms with Crippen LogP contribution >= 0.6 is 11.8 Å². The first kappa shape index (κ1) is 98.1. The van der Waals surface area contributed by atoms with Crippen LogP contribution in [-0.2, 0) is 106 Å². The smallest absolute Gasteiger partial charge is 0.305 e. The van der Waals surface area contributed by atoms with Crippen LogP contribution in [0.5, 0.6) is 5.75 Å². The highest BCUT2D eigenvalue weighted by molar-refractivity contribution is 8.00. The number of aromatic hydroxyl groups is 1. The number of phenolic OH excluding ortho intramolecular Hbond substituents is 1. The third kappa shape index (κ3) is 26.2. The molecule has 16 amide bonds. The number of benzene rings is 3. The van der Waals surface area contributed by atoms with Crippen molar-refractivity contribution in [1.82, 2.24) is 87.6 Å². The summed E-state index contributed by atoms with van der Waals surface area (Å²) < 4.78 is 0. The number of aromatic amines is 2. The fourth-order valence-electron chi connectivity index (χ4n) is 16.3. The van der Waals surface area contributed by atoms with Gasteiger partial charge in [0.1, 0.15) is 90.3 Å². The SMILES string of the molecule is CCCC[C@@H]1C(=O)N(C)[C@H](CCCC)C(=O)N[C@@H](C)C(=O)N[C@@H](C(=O)NCC(N)=O)CSCC(=O)N[C@@H](Cc2ccc(O)cc2)C(=O)N2CCCC2C(=O)N[C@H](CC(=O)O)C(=O)N2CCC[C@H]2C(=O)N[C@H](CN)C(=O)N[C@@H](CC(=O)O)C(=O)N2CCCC2C(=O)N[C@H](Cc2c[nH]c3ccccc23)C(=O)N[C@@H](CCN)C(=O)N[C@@H](Cc2c[nH]c3ccccc23)C(=O)N1C. The van der Waals surface area contributed by atoms with Crippen LogP contribution in [0.1, 0.15) is 134 Å². The molecule has 9 rings (SSSR count). The van der Waals surface area contributed by atoms with Crippen molar-refractivity contribution in [1.29, 1.82) is 0 Å². The molecule has 42 heteroatoms. The van der Waals surface area contributed by atoms with Gasteiger partial charge in [-0.2, -0.15) is 0 Å². The second kappa shape index (κ2) is 46.5. The van der Waals surface area contributed by atoms with Crippen LogP contribution in [0, 0.1) is 0 Å². The van der Waals surface area contributed by atoms with Crippen molar-refractivity contribution in [3.8, 4) is 5.75 Å². The number of carbonyl (C=O) groups is 18. The van der Waals surface area contributed by atoms with Crippen LogP contribution in [0.2, 0.25) is 0 Å². The van der Waals surface area contributed by atoms with E-state index in [1.54, 1.807) is 60.9 Å². The molecular weight excluding hydrogens is 1670 g/mol. The number of thioether (sulfide) groups is 1. The van der Waals surface area contributed by atoms with E-state index < -0.39 is 228 Å². The van der Waals surface area contributed by atoms with E-state index in [0.29, 0.717) is 64.2 Å². The lowest BCUT2D eigenvalue weighted by molar-refractivity contribution is -0.149. The van der Waals surface area contributed by atoms with Crippen molar-refractivity contribution < 1.29 is 102 Å². The maximum Gasteiger partial charge on any atom is 0.305 e. The minimum Gasteiger partial charge on any atom is -0.508 e. The summed E-state index contributed by atoms with van der Waals surface area (Å²) in [5.41, 5.74) is 20.5. The van der Waals surface area contributed by atoms with Gasteiger partial charge in [-0.05, 0) is 112 Å². The predicted molar refractivity (Wildman–Crippen MR) is 462 cm³/mol. The van der Waals surface area contributed by atoms with E-state index >= 15 is 24.0 Å². The Labute approximate surface area is 736 Å². The van der Waals surface area contributed by atoms with E-state index in [2.05, 4.69) is 63.1 Å². The second-order valence-electron chi connectivity index (χ2n) is 32.3. The third-order valence-corrected chi connectivity index (χ3v) is 24.2. The number of nitrogens with zero attached hydrogens (tertiary/aromatic N) is 5. The monoisotopic (exact) mass is 1780 g/mol. The first-order chi connectivity index (χ1) is 60.6. The van der Waals surface area contributed by atoms with Gasteiger partial charge < -0.3 is 120 Å². The number of carbonyl (C=O) groups excluding carboxylic acids is 16. The number of likely N-dealkylation sites (N-methyl/N-ethyl adjacent to an activating group) is 2. The predicted octanol–water partition coefficient (Wildman–Crippen LogP) is -2.62. The van der Waals surface area contributed by atoms with Crippen molar-refractivity contribution >= 4 is 140 Å². The number of para-hydroxylation sites is 2. The normalized spacial score (nSPS) is 25.4. The summed E-state index contributed by atoms with van der Waals surface area (Å²) in [4.78, 5) is 271. The summed E-state index contributed by atoms with van der Waals surface area (Å²) in [5, 5.41) is 57.8. The number of hydrogen-bond donors (Lipinski definition) is 18. The molecule has 688 valence electrons. The molecule has 5 aromatic rings. The fourth-order valence-corrected chi connectivity index (χ4v) is 17.1. The molecule has 2 aromatic heterocycles. The van der Waals surface area contributed by atoms with E-state index in [0.717, 1.165) is 26.5 Å². The molecule has 0 spiro atoms.